The van der Waals surface area contributed by atoms with Crippen molar-refractivity contribution in [3.05, 3.63) is 29.8 Å². The van der Waals surface area contributed by atoms with Gasteiger partial charge in [0.2, 0.25) is 8.87 Å². The number of nitrogens with one attached hydrogen (secondary N) is 1. The third kappa shape index (κ3) is 17.1. The van der Waals surface area contributed by atoms with Crippen LogP contribution >= 0.6 is 10.8 Å². The van der Waals surface area contributed by atoms with Crippen molar-refractivity contribution in [3.63, 3.8) is 0 Å². The quantitative estimate of drug-likeness (QED) is 0.226. The standard InChI is InChI=1S/C32H56N4O6S2/c1-27-11-13-28(14-12-27)44(39,40)43-24-10-20-34-18-9-19-35(25-29(37)41-31(2,3)4)21-16-33-15-8-17-36(23-22-34)26-30(38)42-32(5,6)7/h11-14,33H,8-10,15-26H2,1-7H3. The molecular formula is C32H56N4O6S2. The lowest BCUT2D eigenvalue weighted by molar-refractivity contribution is -0.157. The second-order valence-corrected chi connectivity index (χ2v) is 17.5. The van der Waals surface area contributed by atoms with Gasteiger partial charge in [-0.3, -0.25) is 19.4 Å². The van der Waals surface area contributed by atoms with Gasteiger partial charge in [0.15, 0.2) is 0 Å². The molecule has 0 unspecified atom stereocenters. The van der Waals surface area contributed by atoms with E-state index < -0.39 is 20.1 Å². The lowest BCUT2D eigenvalue weighted by atomic mass is 10.2. The van der Waals surface area contributed by atoms with E-state index in [9.17, 15) is 18.0 Å². The van der Waals surface area contributed by atoms with Crippen molar-refractivity contribution in [2.24, 2.45) is 0 Å². The van der Waals surface area contributed by atoms with Crippen LogP contribution in [0.2, 0.25) is 0 Å². The lowest BCUT2D eigenvalue weighted by Gasteiger charge is -2.30. The summed E-state index contributed by atoms with van der Waals surface area (Å²) in [4.78, 5) is 32.2. The highest BCUT2D eigenvalue weighted by Gasteiger charge is 2.22. The van der Waals surface area contributed by atoms with Gasteiger partial charge in [0.05, 0.1) is 18.0 Å². The predicted octanol–water partition coefficient (Wildman–Crippen LogP) is 3.78. The molecule has 44 heavy (non-hydrogen) atoms. The summed E-state index contributed by atoms with van der Waals surface area (Å²) >= 11 is 0. The lowest BCUT2D eigenvalue weighted by Crippen LogP contribution is -2.43. The summed E-state index contributed by atoms with van der Waals surface area (Å²) in [6.07, 6.45) is 2.44. The maximum atomic E-state index is 12.8. The van der Waals surface area contributed by atoms with Gasteiger partial charge in [-0.2, -0.15) is 0 Å². The Labute approximate surface area is 269 Å². The molecule has 1 aromatic rings. The van der Waals surface area contributed by atoms with Crippen LogP contribution in [0, 0.1) is 6.92 Å². The zero-order valence-corrected chi connectivity index (χ0v) is 29.7. The molecule has 1 aliphatic rings. The van der Waals surface area contributed by atoms with E-state index in [4.69, 9.17) is 9.47 Å². The molecule has 0 amide bonds. The summed E-state index contributed by atoms with van der Waals surface area (Å²) in [6.45, 7) is 20.5. The molecule has 0 atom stereocenters. The highest BCUT2D eigenvalue weighted by Crippen LogP contribution is 2.24. The minimum Gasteiger partial charge on any atom is -0.459 e. The topological polar surface area (TPSA) is 108 Å². The maximum Gasteiger partial charge on any atom is 0.320 e. The Kier molecular flexibility index (Phi) is 16.1. The molecule has 1 N–H and O–H groups in total. The van der Waals surface area contributed by atoms with E-state index in [-0.39, 0.29) is 25.0 Å². The first-order valence-corrected chi connectivity index (χ1v) is 18.8. The van der Waals surface area contributed by atoms with Gasteiger partial charge in [-0.1, -0.05) is 17.7 Å². The molecular weight excluding hydrogens is 601 g/mol. The zero-order chi connectivity index (χ0) is 32.8. The molecule has 1 heterocycles. The summed E-state index contributed by atoms with van der Waals surface area (Å²) in [6, 6.07) is 6.96. The van der Waals surface area contributed by atoms with Crippen molar-refractivity contribution < 1.29 is 27.5 Å². The number of carbonyl (C=O) groups excluding carboxylic acids is 2. The number of ether oxygens (including phenoxy) is 2. The summed E-state index contributed by atoms with van der Waals surface area (Å²) < 4.78 is 36.8. The van der Waals surface area contributed by atoms with Crippen molar-refractivity contribution in [1.82, 2.24) is 20.0 Å². The number of carbonyl (C=O) groups is 2. The molecule has 12 heteroatoms. The molecule has 0 spiro atoms. The SMILES string of the molecule is Cc1ccc(S(=O)(=O)SCCCN2CCCN(CC(=O)OC(C)(C)C)CCNCCCN(CC(=O)OC(C)(C)C)CC2)cc1. The Bertz CT molecular complexity index is 1120. The molecule has 1 fully saturated rings. The number of benzene rings is 1. The monoisotopic (exact) mass is 656 g/mol. The second kappa shape index (κ2) is 18.4. The molecule has 2 rings (SSSR count). The second-order valence-electron chi connectivity index (χ2n) is 13.5. The van der Waals surface area contributed by atoms with Crippen LogP contribution in [0.5, 0.6) is 0 Å². The predicted molar refractivity (Wildman–Crippen MR) is 179 cm³/mol. The maximum absolute atomic E-state index is 12.8. The van der Waals surface area contributed by atoms with Crippen LogP contribution in [0.1, 0.15) is 66.4 Å². The van der Waals surface area contributed by atoms with E-state index in [2.05, 4.69) is 20.0 Å². The first kappa shape index (κ1) is 38.5. The summed E-state index contributed by atoms with van der Waals surface area (Å²) in [5.41, 5.74) is -0.0303. The van der Waals surface area contributed by atoms with E-state index in [1.54, 1.807) is 12.1 Å². The summed E-state index contributed by atoms with van der Waals surface area (Å²) in [7, 11) is -2.42. The third-order valence-corrected chi connectivity index (χ3v) is 10.4. The molecule has 0 aliphatic carbocycles. The number of hydrogen-bond acceptors (Lipinski definition) is 11. The summed E-state index contributed by atoms with van der Waals surface area (Å²) in [5.74, 6) is 0.0406. The number of esters is 2. The minimum absolute atomic E-state index is 0.222. The van der Waals surface area contributed by atoms with Gasteiger partial charge in [-0.15, -0.1) is 0 Å². The number of aryl methyl sites for hydroxylation is 1. The van der Waals surface area contributed by atoms with Crippen molar-refractivity contribution in [2.45, 2.75) is 83.8 Å². The average Bonchev–Trinajstić information content (AvgIpc) is 2.88. The number of hydrogen-bond donors (Lipinski definition) is 1. The Morgan fingerprint density at radius 2 is 1.30 bits per heavy atom. The molecule has 1 aromatic carbocycles. The Balaban J connectivity index is 2.04. The van der Waals surface area contributed by atoms with Gasteiger partial charge in [-0.05, 0) is 117 Å². The van der Waals surface area contributed by atoms with Crippen molar-refractivity contribution in [3.8, 4) is 0 Å². The van der Waals surface area contributed by atoms with Gasteiger partial charge in [-0.25, -0.2) is 8.42 Å². The fourth-order valence-corrected chi connectivity index (χ4v) is 7.63. The van der Waals surface area contributed by atoms with Crippen LogP contribution in [-0.2, 0) is 27.9 Å². The smallest absolute Gasteiger partial charge is 0.320 e. The van der Waals surface area contributed by atoms with Crippen LogP contribution in [0.15, 0.2) is 29.2 Å². The van der Waals surface area contributed by atoms with E-state index in [0.29, 0.717) is 23.6 Å². The fourth-order valence-electron chi connectivity index (χ4n) is 4.81. The van der Waals surface area contributed by atoms with E-state index in [0.717, 1.165) is 81.6 Å². The highest BCUT2D eigenvalue weighted by molar-refractivity contribution is 8.72. The number of rotatable bonds is 10. The molecule has 10 nitrogen and oxygen atoms in total. The molecule has 0 radical (unpaired) electrons. The van der Waals surface area contributed by atoms with E-state index in [1.165, 1.54) is 0 Å². The molecule has 252 valence electrons. The minimum atomic E-state index is -3.41. The number of nitrogens with zero attached hydrogens (tertiary/aromatic N) is 3. The Morgan fingerprint density at radius 1 is 0.773 bits per heavy atom. The van der Waals surface area contributed by atoms with Crippen molar-refractivity contribution in [2.75, 3.05) is 77.7 Å². The highest BCUT2D eigenvalue weighted by atomic mass is 33.1. The van der Waals surface area contributed by atoms with Crippen LogP contribution < -0.4 is 5.32 Å². The zero-order valence-electron chi connectivity index (χ0n) is 28.0. The average molecular weight is 657 g/mol. The molecule has 1 saturated heterocycles. The molecule has 0 saturated carbocycles. The fraction of sp³-hybridized carbons (Fsp3) is 0.750. The van der Waals surface area contributed by atoms with Crippen molar-refractivity contribution >= 4 is 31.6 Å². The van der Waals surface area contributed by atoms with E-state index in [1.807, 2.05) is 60.6 Å². The van der Waals surface area contributed by atoms with Crippen LogP contribution in [0.4, 0.5) is 0 Å². The van der Waals surface area contributed by atoms with Gasteiger partial charge in [0.1, 0.15) is 11.2 Å². The van der Waals surface area contributed by atoms with Crippen molar-refractivity contribution in [1.29, 1.82) is 0 Å². The van der Waals surface area contributed by atoms with Crippen LogP contribution in [-0.4, -0.2) is 124 Å². The third-order valence-electron chi connectivity index (χ3n) is 6.83. The van der Waals surface area contributed by atoms with Gasteiger partial charge >= 0.3 is 11.9 Å². The van der Waals surface area contributed by atoms with Crippen LogP contribution in [0.25, 0.3) is 0 Å². The van der Waals surface area contributed by atoms with Gasteiger partial charge < -0.3 is 19.7 Å². The van der Waals surface area contributed by atoms with E-state index >= 15 is 0 Å². The molecule has 1 aliphatic heterocycles. The Hall–Kier alpha value is -1.70. The first-order valence-electron chi connectivity index (χ1n) is 15.8. The molecule has 0 aromatic heterocycles. The largest absolute Gasteiger partial charge is 0.459 e. The van der Waals surface area contributed by atoms with Gasteiger partial charge in [0.25, 0.3) is 0 Å². The normalized spacial score (nSPS) is 18.0. The first-order chi connectivity index (χ1) is 20.5. The van der Waals surface area contributed by atoms with Gasteiger partial charge in [0, 0.05) is 38.5 Å². The summed E-state index contributed by atoms with van der Waals surface area (Å²) in [5, 5.41) is 3.47. The Morgan fingerprint density at radius 3 is 1.89 bits per heavy atom. The van der Waals surface area contributed by atoms with Crippen LogP contribution in [0.3, 0.4) is 0 Å². The molecule has 0 bridgehead atoms.